The van der Waals surface area contributed by atoms with Gasteiger partial charge in [0.1, 0.15) is 5.58 Å². The van der Waals surface area contributed by atoms with Crippen LogP contribution in [0.2, 0.25) is 0 Å². The van der Waals surface area contributed by atoms with Gasteiger partial charge < -0.3 is 4.42 Å². The van der Waals surface area contributed by atoms with Gasteiger partial charge in [0, 0.05) is 18.0 Å². The van der Waals surface area contributed by atoms with E-state index in [1.807, 2.05) is 0 Å². The highest BCUT2D eigenvalue weighted by molar-refractivity contribution is 5.98. The highest BCUT2D eigenvalue weighted by Gasteiger charge is 2.09. The highest BCUT2D eigenvalue weighted by Crippen LogP contribution is 2.06. The summed E-state index contributed by atoms with van der Waals surface area (Å²) >= 11 is 0. The van der Waals surface area contributed by atoms with Crippen molar-refractivity contribution in [3.05, 3.63) is 75.3 Å². The number of hydrogen-bond donors (Lipinski definition) is 0. The van der Waals surface area contributed by atoms with E-state index in [0.29, 0.717) is 11.1 Å². The fourth-order valence-electron chi connectivity index (χ4n) is 1.94. The number of rotatable bonds is 2. The number of hydrogen-bond acceptors (Lipinski definition) is 5. The van der Waals surface area contributed by atoms with E-state index < -0.39 is 11.3 Å². The lowest BCUT2D eigenvalue weighted by Gasteiger charge is -2.02. The summed E-state index contributed by atoms with van der Waals surface area (Å²) in [6.45, 7) is 1.69. The van der Waals surface area contributed by atoms with Crippen molar-refractivity contribution in [2.45, 2.75) is 6.92 Å². The molecule has 0 aliphatic heterocycles. The minimum Gasteiger partial charge on any atom is -0.408 e. The zero-order valence-corrected chi connectivity index (χ0v) is 11.2. The predicted molar refractivity (Wildman–Crippen MR) is 78.6 cm³/mol. The Labute approximate surface area is 119 Å². The van der Waals surface area contributed by atoms with Gasteiger partial charge in [-0.1, -0.05) is 18.2 Å². The Hall–Kier alpha value is -3.02. The normalized spacial score (nSPS) is 11.8. The number of fused-ring (bicyclic) bond motifs is 1. The van der Waals surface area contributed by atoms with Crippen LogP contribution in [-0.2, 0) is 0 Å². The van der Waals surface area contributed by atoms with E-state index in [1.165, 1.54) is 0 Å². The van der Waals surface area contributed by atoms with Gasteiger partial charge in [0.2, 0.25) is 0 Å². The molecule has 2 aromatic heterocycles. The fourth-order valence-corrected chi connectivity index (χ4v) is 1.94. The zero-order chi connectivity index (χ0) is 14.8. The third-order valence-corrected chi connectivity index (χ3v) is 3.01. The van der Waals surface area contributed by atoms with E-state index in [-0.39, 0.29) is 5.58 Å². The second-order valence-corrected chi connectivity index (χ2v) is 4.41. The molecule has 0 saturated carbocycles. The Bertz CT molecular complexity index is 940. The first-order valence-electron chi connectivity index (χ1n) is 6.28. The molecule has 0 spiro atoms. The van der Waals surface area contributed by atoms with Crippen molar-refractivity contribution in [3.63, 3.8) is 0 Å². The van der Waals surface area contributed by atoms with Gasteiger partial charge in [-0.3, -0.25) is 9.78 Å². The van der Waals surface area contributed by atoms with E-state index in [4.69, 9.17) is 4.42 Å². The topological polar surface area (TPSA) is 77.5 Å². The van der Waals surface area contributed by atoms with Crippen LogP contribution in [-0.4, -0.2) is 15.4 Å². The van der Waals surface area contributed by atoms with Crippen molar-refractivity contribution < 1.29 is 4.42 Å². The lowest BCUT2D eigenvalue weighted by Crippen LogP contribution is -2.30. The maximum atomic E-state index is 12.3. The molecule has 3 rings (SSSR count). The van der Waals surface area contributed by atoms with E-state index in [9.17, 15) is 9.59 Å². The molecule has 0 radical (unpaired) electrons. The summed E-state index contributed by atoms with van der Waals surface area (Å²) in [6, 6.07) is 10.1. The molecule has 1 aromatic carbocycles. The maximum absolute atomic E-state index is 12.3. The SMILES string of the molecule is C/C(=N\n1c(=O)oc2ccccc2c1=O)c1cccnc1. The van der Waals surface area contributed by atoms with Crippen molar-refractivity contribution in [2.24, 2.45) is 5.10 Å². The summed E-state index contributed by atoms with van der Waals surface area (Å²) in [5.41, 5.74) is 0.952. The van der Waals surface area contributed by atoms with Gasteiger partial charge in [0.15, 0.2) is 0 Å². The lowest BCUT2D eigenvalue weighted by atomic mass is 10.2. The van der Waals surface area contributed by atoms with Gasteiger partial charge >= 0.3 is 5.76 Å². The Morgan fingerprint density at radius 1 is 1.19 bits per heavy atom. The van der Waals surface area contributed by atoms with Gasteiger partial charge in [-0.15, -0.1) is 4.68 Å². The van der Waals surface area contributed by atoms with Crippen molar-refractivity contribution in [3.8, 4) is 0 Å². The van der Waals surface area contributed by atoms with Crippen LogP contribution in [0.4, 0.5) is 0 Å². The Morgan fingerprint density at radius 3 is 2.76 bits per heavy atom. The summed E-state index contributed by atoms with van der Waals surface area (Å²) in [5, 5.41) is 4.36. The van der Waals surface area contributed by atoms with Crippen LogP contribution in [0, 0.1) is 0 Å². The molecule has 21 heavy (non-hydrogen) atoms. The van der Waals surface area contributed by atoms with E-state index in [0.717, 1.165) is 10.2 Å². The largest absolute Gasteiger partial charge is 0.443 e. The van der Waals surface area contributed by atoms with E-state index in [2.05, 4.69) is 10.1 Å². The van der Waals surface area contributed by atoms with Gasteiger partial charge in [0.05, 0.1) is 11.1 Å². The number of benzene rings is 1. The molecule has 6 heteroatoms. The molecular formula is C15H11N3O3. The predicted octanol–water partition coefficient (Wildman–Crippen LogP) is 1.62. The molecule has 6 nitrogen and oxygen atoms in total. The number of nitrogens with zero attached hydrogens (tertiary/aromatic N) is 3. The summed E-state index contributed by atoms with van der Waals surface area (Å²) in [5.74, 6) is -0.818. The molecule has 0 fully saturated rings. The Kier molecular flexibility index (Phi) is 3.19. The standard InChI is InChI=1S/C15H11N3O3/c1-10(11-5-4-8-16-9-11)17-18-14(19)12-6-2-3-7-13(12)21-15(18)20/h2-9H,1H3/b17-10+. The van der Waals surface area contributed by atoms with Crippen LogP contribution in [0.1, 0.15) is 12.5 Å². The zero-order valence-electron chi connectivity index (χ0n) is 11.2. The molecule has 104 valence electrons. The van der Waals surface area contributed by atoms with Gasteiger partial charge in [0.25, 0.3) is 5.56 Å². The second kappa shape index (κ2) is 5.16. The smallest absolute Gasteiger partial charge is 0.408 e. The molecule has 0 bridgehead atoms. The summed E-state index contributed by atoms with van der Waals surface area (Å²) in [7, 11) is 0. The third-order valence-electron chi connectivity index (χ3n) is 3.01. The summed E-state index contributed by atoms with van der Waals surface area (Å²) in [6.07, 6.45) is 3.24. The van der Waals surface area contributed by atoms with Crippen molar-refractivity contribution in [1.29, 1.82) is 0 Å². The molecule has 2 heterocycles. The number of para-hydroxylation sites is 1. The average molecular weight is 281 g/mol. The molecule has 0 atom stereocenters. The molecule has 0 aliphatic rings. The minimum atomic E-state index is -0.818. The van der Waals surface area contributed by atoms with Gasteiger partial charge in [-0.05, 0) is 25.1 Å². The molecule has 0 unspecified atom stereocenters. The first kappa shape index (κ1) is 13.0. The number of pyridine rings is 1. The lowest BCUT2D eigenvalue weighted by molar-refractivity contribution is 0.480. The average Bonchev–Trinajstić information content (AvgIpc) is 2.52. The van der Waals surface area contributed by atoms with Crippen LogP contribution in [0.5, 0.6) is 0 Å². The molecule has 0 N–H and O–H groups in total. The summed E-state index contributed by atoms with van der Waals surface area (Å²) < 4.78 is 5.82. The number of aromatic nitrogens is 2. The van der Waals surface area contributed by atoms with Crippen LogP contribution in [0.25, 0.3) is 11.0 Å². The van der Waals surface area contributed by atoms with E-state index >= 15 is 0 Å². The molecular weight excluding hydrogens is 270 g/mol. The molecule has 0 aliphatic carbocycles. The monoisotopic (exact) mass is 281 g/mol. The van der Waals surface area contributed by atoms with Gasteiger partial charge in [-0.2, -0.15) is 5.10 Å². The van der Waals surface area contributed by atoms with Crippen LogP contribution in [0.15, 0.2) is 67.9 Å². The van der Waals surface area contributed by atoms with Crippen molar-refractivity contribution in [2.75, 3.05) is 0 Å². The maximum Gasteiger partial charge on any atom is 0.443 e. The van der Waals surface area contributed by atoms with Crippen LogP contribution in [0.3, 0.4) is 0 Å². The minimum absolute atomic E-state index is 0.248. The van der Waals surface area contributed by atoms with Crippen LogP contribution >= 0.6 is 0 Å². The second-order valence-electron chi connectivity index (χ2n) is 4.41. The van der Waals surface area contributed by atoms with Crippen LogP contribution < -0.4 is 11.3 Å². The van der Waals surface area contributed by atoms with Gasteiger partial charge in [-0.25, -0.2) is 4.79 Å². The third kappa shape index (κ3) is 2.38. The molecule has 0 amide bonds. The highest BCUT2D eigenvalue weighted by atomic mass is 16.4. The Morgan fingerprint density at radius 2 is 2.00 bits per heavy atom. The quantitative estimate of drug-likeness (QED) is 0.669. The van der Waals surface area contributed by atoms with Crippen molar-refractivity contribution in [1.82, 2.24) is 9.66 Å². The molecule has 0 saturated heterocycles. The fraction of sp³-hybridized carbons (Fsp3) is 0.0667. The molecule has 3 aromatic rings. The first-order valence-corrected chi connectivity index (χ1v) is 6.28. The van der Waals surface area contributed by atoms with E-state index in [1.54, 1.807) is 55.7 Å². The summed E-state index contributed by atoms with van der Waals surface area (Å²) in [4.78, 5) is 28.2. The first-order chi connectivity index (χ1) is 10.2. The Balaban J connectivity index is 2.22. The van der Waals surface area contributed by atoms with Crippen molar-refractivity contribution >= 4 is 16.7 Å².